The van der Waals surface area contributed by atoms with Gasteiger partial charge in [-0.2, -0.15) is 0 Å². The van der Waals surface area contributed by atoms with Crippen molar-refractivity contribution in [1.82, 2.24) is 0 Å². The molecular weight excluding hydrogens is 180 g/mol. The molecule has 0 amide bonds. The molecule has 1 aliphatic carbocycles. The van der Waals surface area contributed by atoms with Crippen LogP contribution in [0.2, 0.25) is 0 Å². The Kier molecular flexibility index (Phi) is 1.92. The summed E-state index contributed by atoms with van der Waals surface area (Å²) in [5, 5.41) is 0. The van der Waals surface area contributed by atoms with Gasteiger partial charge in [-0.25, -0.2) is 0 Å². The molecule has 0 bridgehead atoms. The lowest BCUT2D eigenvalue weighted by Crippen LogP contribution is -1.94. The Balaban J connectivity index is 2.09. The zero-order chi connectivity index (χ0) is 10.1. The Morgan fingerprint density at radius 1 is 0.733 bits per heavy atom. The maximum atomic E-state index is 2.28. The van der Waals surface area contributed by atoms with E-state index >= 15 is 0 Å². The molecule has 0 nitrogen and oxygen atoms in total. The summed E-state index contributed by atoms with van der Waals surface area (Å²) in [6, 6.07) is 19.2. The molecule has 2 aromatic rings. The van der Waals surface area contributed by atoms with Crippen molar-refractivity contribution < 1.29 is 0 Å². The van der Waals surface area contributed by atoms with Crippen LogP contribution in [0.1, 0.15) is 22.6 Å². The SMILES string of the molecule is C1=C[C@@H](c2ccccc2)c2ccccc21. The van der Waals surface area contributed by atoms with E-state index in [2.05, 4.69) is 66.7 Å². The normalized spacial score (nSPS) is 17.7. The summed E-state index contributed by atoms with van der Waals surface area (Å²) in [7, 11) is 0. The van der Waals surface area contributed by atoms with Crippen LogP contribution in [0.5, 0.6) is 0 Å². The van der Waals surface area contributed by atoms with Crippen molar-refractivity contribution in [3.63, 3.8) is 0 Å². The van der Waals surface area contributed by atoms with Crippen LogP contribution in [-0.4, -0.2) is 0 Å². The minimum atomic E-state index is 0.447. The van der Waals surface area contributed by atoms with E-state index in [4.69, 9.17) is 0 Å². The van der Waals surface area contributed by atoms with E-state index in [-0.39, 0.29) is 0 Å². The van der Waals surface area contributed by atoms with Gasteiger partial charge in [0.25, 0.3) is 0 Å². The van der Waals surface area contributed by atoms with Crippen molar-refractivity contribution in [1.29, 1.82) is 0 Å². The molecule has 0 aromatic heterocycles. The van der Waals surface area contributed by atoms with Gasteiger partial charge >= 0.3 is 0 Å². The molecule has 1 atom stereocenters. The third kappa shape index (κ3) is 1.39. The molecule has 1 aliphatic rings. The zero-order valence-electron chi connectivity index (χ0n) is 8.43. The second kappa shape index (κ2) is 3.39. The van der Waals surface area contributed by atoms with Gasteiger partial charge in [0, 0.05) is 5.92 Å². The van der Waals surface area contributed by atoms with E-state index in [1.165, 1.54) is 16.7 Å². The Hall–Kier alpha value is -1.82. The average molecular weight is 192 g/mol. The molecular formula is C15H12. The lowest BCUT2D eigenvalue weighted by Gasteiger charge is -2.10. The van der Waals surface area contributed by atoms with Gasteiger partial charge in [-0.15, -0.1) is 0 Å². The van der Waals surface area contributed by atoms with Gasteiger partial charge in [0.15, 0.2) is 0 Å². The molecule has 0 spiro atoms. The molecule has 0 fully saturated rings. The fourth-order valence-corrected chi connectivity index (χ4v) is 2.20. The van der Waals surface area contributed by atoms with E-state index in [1.807, 2.05) is 0 Å². The average Bonchev–Trinajstić information content (AvgIpc) is 2.74. The predicted molar refractivity (Wildman–Crippen MR) is 63.8 cm³/mol. The standard InChI is InChI=1S/C15H12/c1-2-6-12(7-3-1)15-11-10-13-8-4-5-9-14(13)15/h1-11,15H/t15-/m0/s1. The molecule has 0 radical (unpaired) electrons. The Labute approximate surface area is 89.9 Å². The topological polar surface area (TPSA) is 0 Å². The Bertz CT molecular complexity index is 494. The van der Waals surface area contributed by atoms with Crippen molar-refractivity contribution in [2.45, 2.75) is 5.92 Å². The maximum Gasteiger partial charge on any atom is 0.0278 e. The molecule has 0 aliphatic heterocycles. The van der Waals surface area contributed by atoms with E-state index in [0.29, 0.717) is 5.92 Å². The highest BCUT2D eigenvalue weighted by atomic mass is 14.2. The number of fused-ring (bicyclic) bond motifs is 1. The summed E-state index contributed by atoms with van der Waals surface area (Å²) in [5.74, 6) is 0.447. The third-order valence-electron chi connectivity index (χ3n) is 2.96. The van der Waals surface area contributed by atoms with Crippen LogP contribution in [0, 0.1) is 0 Å². The summed E-state index contributed by atoms with van der Waals surface area (Å²) in [6.07, 6.45) is 4.49. The first-order valence-corrected chi connectivity index (χ1v) is 5.27. The number of rotatable bonds is 1. The third-order valence-corrected chi connectivity index (χ3v) is 2.96. The first kappa shape index (κ1) is 8.49. The van der Waals surface area contributed by atoms with Gasteiger partial charge in [-0.3, -0.25) is 0 Å². The quantitative estimate of drug-likeness (QED) is 0.644. The summed E-state index contributed by atoms with van der Waals surface area (Å²) < 4.78 is 0. The number of allylic oxidation sites excluding steroid dienone is 1. The van der Waals surface area contributed by atoms with Crippen LogP contribution in [0.3, 0.4) is 0 Å². The van der Waals surface area contributed by atoms with Crippen LogP contribution in [0.25, 0.3) is 6.08 Å². The van der Waals surface area contributed by atoms with Crippen LogP contribution in [0.4, 0.5) is 0 Å². The molecule has 0 saturated carbocycles. The highest BCUT2D eigenvalue weighted by Gasteiger charge is 2.17. The van der Waals surface area contributed by atoms with Gasteiger partial charge in [-0.05, 0) is 16.7 Å². The lowest BCUT2D eigenvalue weighted by molar-refractivity contribution is 1.05. The minimum Gasteiger partial charge on any atom is -0.0720 e. The molecule has 0 heterocycles. The van der Waals surface area contributed by atoms with E-state index in [9.17, 15) is 0 Å². The highest BCUT2D eigenvalue weighted by molar-refractivity contribution is 5.65. The molecule has 2 aromatic carbocycles. The molecule has 0 saturated heterocycles. The minimum absolute atomic E-state index is 0.447. The maximum absolute atomic E-state index is 2.28. The summed E-state index contributed by atoms with van der Waals surface area (Å²) in [6.45, 7) is 0. The second-order valence-corrected chi connectivity index (χ2v) is 3.88. The van der Waals surface area contributed by atoms with Crippen LogP contribution in [0.15, 0.2) is 60.7 Å². The van der Waals surface area contributed by atoms with Crippen molar-refractivity contribution in [2.75, 3.05) is 0 Å². The zero-order valence-corrected chi connectivity index (χ0v) is 8.43. The number of hydrogen-bond donors (Lipinski definition) is 0. The van der Waals surface area contributed by atoms with Crippen molar-refractivity contribution in [2.24, 2.45) is 0 Å². The summed E-state index contributed by atoms with van der Waals surface area (Å²) >= 11 is 0. The van der Waals surface area contributed by atoms with Crippen molar-refractivity contribution in [3.05, 3.63) is 77.4 Å². The van der Waals surface area contributed by atoms with Crippen LogP contribution < -0.4 is 0 Å². The molecule has 3 rings (SSSR count). The van der Waals surface area contributed by atoms with Crippen molar-refractivity contribution >= 4 is 6.08 Å². The van der Waals surface area contributed by atoms with Gasteiger partial charge in [0.05, 0.1) is 0 Å². The van der Waals surface area contributed by atoms with Gasteiger partial charge in [0.1, 0.15) is 0 Å². The molecule has 0 N–H and O–H groups in total. The predicted octanol–water partition coefficient (Wildman–Crippen LogP) is 3.85. The molecule has 72 valence electrons. The van der Waals surface area contributed by atoms with Gasteiger partial charge < -0.3 is 0 Å². The lowest BCUT2D eigenvalue weighted by atomic mass is 9.93. The first-order valence-electron chi connectivity index (χ1n) is 5.27. The molecule has 15 heavy (non-hydrogen) atoms. The number of benzene rings is 2. The van der Waals surface area contributed by atoms with Crippen LogP contribution in [-0.2, 0) is 0 Å². The monoisotopic (exact) mass is 192 g/mol. The summed E-state index contributed by atoms with van der Waals surface area (Å²) in [4.78, 5) is 0. The smallest absolute Gasteiger partial charge is 0.0278 e. The number of hydrogen-bond acceptors (Lipinski definition) is 0. The van der Waals surface area contributed by atoms with E-state index < -0.39 is 0 Å². The van der Waals surface area contributed by atoms with E-state index in [1.54, 1.807) is 0 Å². The second-order valence-electron chi connectivity index (χ2n) is 3.88. The molecule has 0 unspecified atom stereocenters. The fourth-order valence-electron chi connectivity index (χ4n) is 2.20. The summed E-state index contributed by atoms with van der Waals surface area (Å²) in [5.41, 5.74) is 4.15. The highest BCUT2D eigenvalue weighted by Crippen LogP contribution is 2.34. The molecule has 0 heteroatoms. The first-order chi connectivity index (χ1) is 7.45. The largest absolute Gasteiger partial charge is 0.0720 e. The Morgan fingerprint density at radius 2 is 1.47 bits per heavy atom. The van der Waals surface area contributed by atoms with E-state index in [0.717, 1.165) is 0 Å². The van der Waals surface area contributed by atoms with Crippen molar-refractivity contribution in [3.8, 4) is 0 Å². The van der Waals surface area contributed by atoms with Crippen LogP contribution >= 0.6 is 0 Å². The fraction of sp³-hybridized carbons (Fsp3) is 0.0667. The van der Waals surface area contributed by atoms with Gasteiger partial charge in [0.2, 0.25) is 0 Å². The van der Waals surface area contributed by atoms with Gasteiger partial charge in [-0.1, -0.05) is 66.7 Å². The Morgan fingerprint density at radius 3 is 2.33 bits per heavy atom.